The number of carbonyl (C=O) groups is 2. The summed E-state index contributed by atoms with van der Waals surface area (Å²) in [6.45, 7) is 1.31. The summed E-state index contributed by atoms with van der Waals surface area (Å²) in [4.78, 5) is 23.7. The van der Waals surface area contributed by atoms with Crippen LogP contribution in [0.2, 0.25) is 5.02 Å². The molecule has 3 N–H and O–H groups in total. The predicted molar refractivity (Wildman–Crippen MR) is 93.6 cm³/mol. The van der Waals surface area contributed by atoms with Gasteiger partial charge < -0.3 is 15.7 Å². The van der Waals surface area contributed by atoms with Gasteiger partial charge in [0.25, 0.3) is 0 Å². The van der Waals surface area contributed by atoms with E-state index in [1.807, 2.05) is 0 Å². The van der Waals surface area contributed by atoms with E-state index in [4.69, 9.17) is 16.7 Å². The van der Waals surface area contributed by atoms with E-state index < -0.39 is 6.04 Å². The van der Waals surface area contributed by atoms with Gasteiger partial charge in [-0.15, -0.1) is 0 Å². The third-order valence-corrected chi connectivity index (χ3v) is 3.68. The molecule has 0 radical (unpaired) electrons. The van der Waals surface area contributed by atoms with Crippen molar-refractivity contribution in [1.82, 2.24) is 5.32 Å². The molecular weight excluding hydrogens is 328 g/mol. The number of amides is 2. The number of anilines is 1. The van der Waals surface area contributed by atoms with Gasteiger partial charge in [-0.25, -0.2) is 0 Å². The molecule has 2 rings (SSSR count). The van der Waals surface area contributed by atoms with Crippen LogP contribution in [0.4, 0.5) is 5.69 Å². The molecule has 0 spiro atoms. The molecule has 0 aliphatic carbocycles. The Labute approximate surface area is 145 Å². The third-order valence-electron chi connectivity index (χ3n) is 3.43. The lowest BCUT2D eigenvalue weighted by atomic mass is 10.0. The predicted octanol–water partition coefficient (Wildman–Crippen LogP) is 3.04. The number of aliphatic hydroxyl groups is 1. The van der Waals surface area contributed by atoms with Gasteiger partial charge in [0.05, 0.1) is 19.1 Å². The van der Waals surface area contributed by atoms with E-state index >= 15 is 0 Å². The largest absolute Gasteiger partial charge is 0.392 e. The molecule has 0 bridgehead atoms. The molecule has 0 heterocycles. The fourth-order valence-electron chi connectivity index (χ4n) is 2.34. The first kappa shape index (κ1) is 18.0. The van der Waals surface area contributed by atoms with Crippen LogP contribution in [0.25, 0.3) is 0 Å². The van der Waals surface area contributed by atoms with Gasteiger partial charge >= 0.3 is 0 Å². The van der Waals surface area contributed by atoms with Crippen molar-refractivity contribution in [2.24, 2.45) is 0 Å². The van der Waals surface area contributed by atoms with Crippen molar-refractivity contribution in [1.29, 1.82) is 0 Å². The lowest BCUT2D eigenvalue weighted by Crippen LogP contribution is -2.29. The molecular formula is C18H19ClN2O3. The monoisotopic (exact) mass is 346 g/mol. The lowest BCUT2D eigenvalue weighted by molar-refractivity contribution is -0.120. The summed E-state index contributed by atoms with van der Waals surface area (Å²) in [6, 6.07) is 13.5. The minimum absolute atomic E-state index is 0.0879. The van der Waals surface area contributed by atoms with Crippen molar-refractivity contribution in [3.63, 3.8) is 0 Å². The van der Waals surface area contributed by atoms with Crippen molar-refractivity contribution in [3.05, 3.63) is 64.7 Å². The maximum atomic E-state index is 12.3. The zero-order valence-electron chi connectivity index (χ0n) is 13.3. The van der Waals surface area contributed by atoms with Gasteiger partial charge in [-0.2, -0.15) is 0 Å². The van der Waals surface area contributed by atoms with Gasteiger partial charge in [-0.3, -0.25) is 9.59 Å². The molecule has 0 aromatic heterocycles. The first-order valence-electron chi connectivity index (χ1n) is 7.50. The number of nitrogens with one attached hydrogen (secondary N) is 2. The Morgan fingerprint density at radius 1 is 1.17 bits per heavy atom. The van der Waals surface area contributed by atoms with E-state index in [1.165, 1.54) is 6.92 Å². The second-order valence-corrected chi connectivity index (χ2v) is 5.85. The molecule has 5 nitrogen and oxygen atoms in total. The molecule has 126 valence electrons. The highest BCUT2D eigenvalue weighted by Gasteiger charge is 2.17. The maximum absolute atomic E-state index is 12.3. The Balaban J connectivity index is 2.08. The molecule has 2 aromatic rings. The molecule has 0 aliphatic heterocycles. The fourth-order valence-corrected chi connectivity index (χ4v) is 2.46. The highest BCUT2D eigenvalue weighted by atomic mass is 35.5. The van der Waals surface area contributed by atoms with Crippen LogP contribution >= 0.6 is 11.6 Å². The van der Waals surface area contributed by atoms with Crippen LogP contribution in [-0.2, 0) is 16.2 Å². The summed E-state index contributed by atoms with van der Waals surface area (Å²) in [5.41, 5.74) is 2.11. The summed E-state index contributed by atoms with van der Waals surface area (Å²) in [6.07, 6.45) is 0.0879. The molecule has 0 saturated heterocycles. The topological polar surface area (TPSA) is 78.4 Å². The van der Waals surface area contributed by atoms with Crippen LogP contribution in [-0.4, -0.2) is 16.9 Å². The van der Waals surface area contributed by atoms with Gasteiger partial charge in [-0.05, 0) is 35.4 Å². The van der Waals surface area contributed by atoms with Gasteiger partial charge in [0, 0.05) is 17.6 Å². The number of aliphatic hydroxyl groups excluding tert-OH is 1. The van der Waals surface area contributed by atoms with E-state index in [-0.39, 0.29) is 24.8 Å². The van der Waals surface area contributed by atoms with Crippen molar-refractivity contribution in [2.75, 3.05) is 5.32 Å². The first-order chi connectivity index (χ1) is 11.5. The van der Waals surface area contributed by atoms with Crippen molar-refractivity contribution < 1.29 is 14.7 Å². The van der Waals surface area contributed by atoms with Gasteiger partial charge in [0.1, 0.15) is 0 Å². The van der Waals surface area contributed by atoms with Crippen molar-refractivity contribution in [2.45, 2.75) is 26.0 Å². The van der Waals surface area contributed by atoms with E-state index in [0.717, 1.165) is 5.56 Å². The average Bonchev–Trinajstić information content (AvgIpc) is 2.54. The highest BCUT2D eigenvalue weighted by Crippen LogP contribution is 2.20. The van der Waals surface area contributed by atoms with E-state index in [1.54, 1.807) is 48.5 Å². The van der Waals surface area contributed by atoms with Crippen LogP contribution in [0.3, 0.4) is 0 Å². The van der Waals surface area contributed by atoms with Gasteiger partial charge in [0.2, 0.25) is 11.8 Å². The van der Waals surface area contributed by atoms with Crippen LogP contribution in [0, 0.1) is 0 Å². The number of hydrogen-bond acceptors (Lipinski definition) is 3. The number of hydrogen-bond donors (Lipinski definition) is 3. The molecule has 1 unspecified atom stereocenters. The molecule has 2 amide bonds. The smallest absolute Gasteiger partial charge is 0.226 e. The summed E-state index contributed by atoms with van der Waals surface area (Å²) in [7, 11) is 0. The first-order valence-corrected chi connectivity index (χ1v) is 7.88. The average molecular weight is 347 g/mol. The second kappa shape index (κ2) is 8.47. The SMILES string of the molecule is CC(=O)NC(CC(=O)Nc1cccc(CO)c1)c1ccc(Cl)cc1. The summed E-state index contributed by atoms with van der Waals surface area (Å²) < 4.78 is 0. The van der Waals surface area contributed by atoms with Crippen LogP contribution in [0.5, 0.6) is 0 Å². The molecule has 0 fully saturated rings. The van der Waals surface area contributed by atoms with Crippen molar-refractivity contribution in [3.8, 4) is 0 Å². The molecule has 6 heteroatoms. The maximum Gasteiger partial charge on any atom is 0.226 e. The number of rotatable bonds is 6. The summed E-state index contributed by atoms with van der Waals surface area (Å²) in [5, 5.41) is 15.3. The molecule has 0 saturated carbocycles. The summed E-state index contributed by atoms with van der Waals surface area (Å²) in [5.74, 6) is -0.455. The molecule has 24 heavy (non-hydrogen) atoms. The minimum atomic E-state index is -0.444. The quantitative estimate of drug-likeness (QED) is 0.752. The highest BCUT2D eigenvalue weighted by molar-refractivity contribution is 6.30. The Hall–Kier alpha value is -2.37. The Bertz CT molecular complexity index is 716. The molecule has 2 aromatic carbocycles. The summed E-state index contributed by atoms with van der Waals surface area (Å²) >= 11 is 5.88. The lowest BCUT2D eigenvalue weighted by Gasteiger charge is -2.18. The van der Waals surface area contributed by atoms with Crippen LogP contribution in [0.15, 0.2) is 48.5 Å². The van der Waals surface area contributed by atoms with E-state index in [0.29, 0.717) is 16.3 Å². The number of halogens is 1. The second-order valence-electron chi connectivity index (χ2n) is 5.42. The molecule has 0 aliphatic rings. The van der Waals surface area contributed by atoms with Crippen LogP contribution < -0.4 is 10.6 Å². The van der Waals surface area contributed by atoms with E-state index in [2.05, 4.69) is 10.6 Å². The van der Waals surface area contributed by atoms with Crippen LogP contribution in [0.1, 0.15) is 30.5 Å². The van der Waals surface area contributed by atoms with Gasteiger partial charge in [0.15, 0.2) is 0 Å². The standard InChI is InChI=1S/C18H19ClN2O3/c1-12(23)20-17(14-5-7-15(19)8-6-14)10-18(24)21-16-4-2-3-13(9-16)11-22/h2-9,17,22H,10-11H2,1H3,(H,20,23)(H,21,24). The number of carbonyl (C=O) groups excluding carboxylic acids is 2. The zero-order chi connectivity index (χ0) is 17.5. The molecule has 1 atom stereocenters. The Morgan fingerprint density at radius 3 is 2.50 bits per heavy atom. The normalized spacial score (nSPS) is 11.6. The van der Waals surface area contributed by atoms with E-state index in [9.17, 15) is 9.59 Å². The Kier molecular flexibility index (Phi) is 6.35. The zero-order valence-corrected chi connectivity index (χ0v) is 14.0. The minimum Gasteiger partial charge on any atom is -0.392 e. The Morgan fingerprint density at radius 2 is 1.88 bits per heavy atom. The fraction of sp³-hybridized carbons (Fsp3) is 0.222. The van der Waals surface area contributed by atoms with Gasteiger partial charge in [-0.1, -0.05) is 35.9 Å². The number of benzene rings is 2. The third kappa shape index (κ3) is 5.37. The van der Waals surface area contributed by atoms with Crippen molar-refractivity contribution >= 4 is 29.1 Å².